The van der Waals surface area contributed by atoms with E-state index >= 15 is 0 Å². The van der Waals surface area contributed by atoms with Crippen molar-refractivity contribution in [2.45, 2.75) is 44.7 Å². The molecule has 1 atom stereocenters. The molecule has 1 spiro atoms. The third-order valence-electron chi connectivity index (χ3n) is 6.83. The van der Waals surface area contributed by atoms with Gasteiger partial charge in [0.15, 0.2) is 0 Å². The van der Waals surface area contributed by atoms with Gasteiger partial charge < -0.3 is 20.0 Å². The molecule has 1 N–H and O–H groups in total. The minimum atomic E-state index is -0.745. The molecule has 2 saturated heterocycles. The third kappa shape index (κ3) is 4.58. The van der Waals surface area contributed by atoms with Crippen LogP contribution in [0.3, 0.4) is 0 Å². The molecule has 0 saturated carbocycles. The number of amides is 3. The molecule has 2 fully saturated rings. The van der Waals surface area contributed by atoms with Crippen LogP contribution in [0, 0.1) is 0 Å². The van der Waals surface area contributed by atoms with Crippen LogP contribution in [-0.2, 0) is 9.59 Å². The van der Waals surface area contributed by atoms with Crippen molar-refractivity contribution in [2.24, 2.45) is 0 Å². The van der Waals surface area contributed by atoms with E-state index in [4.69, 9.17) is 0 Å². The van der Waals surface area contributed by atoms with Gasteiger partial charge in [0.2, 0.25) is 5.91 Å². The standard InChI is InChI=1S/C26H32N4O3/c1-3-20(2)27-23(31)18-29-19-30(22-12-8-5-9-13-22)26(25(29)33)14-16-28(17-15-26)24(32)21-10-6-4-7-11-21/h4-13,20H,3,14-19H2,1-2H3,(H,27,31). The van der Waals surface area contributed by atoms with Gasteiger partial charge >= 0.3 is 0 Å². The summed E-state index contributed by atoms with van der Waals surface area (Å²) in [7, 11) is 0. The van der Waals surface area contributed by atoms with Crippen molar-refractivity contribution >= 4 is 23.4 Å². The molecule has 2 aliphatic heterocycles. The maximum absolute atomic E-state index is 13.7. The molecule has 0 bridgehead atoms. The monoisotopic (exact) mass is 448 g/mol. The normalized spacial score (nSPS) is 18.5. The van der Waals surface area contributed by atoms with Gasteiger partial charge in [0.25, 0.3) is 11.8 Å². The molecule has 0 aliphatic carbocycles. The molecule has 0 radical (unpaired) electrons. The van der Waals surface area contributed by atoms with E-state index in [1.807, 2.05) is 79.4 Å². The lowest BCUT2D eigenvalue weighted by Gasteiger charge is -2.43. The molecule has 0 aromatic heterocycles. The molecule has 7 nitrogen and oxygen atoms in total. The highest BCUT2D eigenvalue weighted by Crippen LogP contribution is 2.39. The molecule has 4 rings (SSSR count). The van der Waals surface area contributed by atoms with Crippen LogP contribution in [0.5, 0.6) is 0 Å². The topological polar surface area (TPSA) is 73.0 Å². The van der Waals surface area contributed by atoms with Gasteiger partial charge in [0.05, 0.1) is 6.67 Å². The zero-order chi connectivity index (χ0) is 23.4. The minimum absolute atomic E-state index is 0.00746. The lowest BCUT2D eigenvalue weighted by Crippen LogP contribution is -2.57. The van der Waals surface area contributed by atoms with E-state index in [-0.39, 0.29) is 30.3 Å². The molecule has 3 amide bonds. The number of nitrogens with zero attached hydrogens (tertiary/aromatic N) is 3. The second-order valence-electron chi connectivity index (χ2n) is 8.97. The Labute approximate surface area is 195 Å². The Bertz CT molecular complexity index is 987. The predicted octanol–water partition coefficient (Wildman–Crippen LogP) is 2.88. The zero-order valence-electron chi connectivity index (χ0n) is 19.4. The van der Waals surface area contributed by atoms with Crippen molar-refractivity contribution in [3.8, 4) is 0 Å². The number of carbonyl (C=O) groups excluding carboxylic acids is 3. The summed E-state index contributed by atoms with van der Waals surface area (Å²) in [4.78, 5) is 44.8. The summed E-state index contributed by atoms with van der Waals surface area (Å²) < 4.78 is 0. The Morgan fingerprint density at radius 2 is 1.61 bits per heavy atom. The fourth-order valence-corrected chi connectivity index (χ4v) is 4.76. The first kappa shape index (κ1) is 22.8. The zero-order valence-corrected chi connectivity index (χ0v) is 19.4. The predicted molar refractivity (Wildman–Crippen MR) is 128 cm³/mol. The Morgan fingerprint density at radius 3 is 2.21 bits per heavy atom. The number of para-hydroxylation sites is 1. The van der Waals surface area contributed by atoms with Crippen LogP contribution in [-0.4, -0.2) is 65.4 Å². The van der Waals surface area contributed by atoms with Gasteiger partial charge in [-0.15, -0.1) is 0 Å². The first-order valence-electron chi connectivity index (χ1n) is 11.7. The number of benzene rings is 2. The summed E-state index contributed by atoms with van der Waals surface area (Å²) in [6.45, 7) is 5.37. The average molecular weight is 449 g/mol. The average Bonchev–Trinajstić information content (AvgIpc) is 3.11. The molecule has 1 unspecified atom stereocenters. The highest BCUT2D eigenvalue weighted by atomic mass is 16.2. The van der Waals surface area contributed by atoms with Gasteiger partial charge in [-0.05, 0) is 50.5 Å². The number of hydrogen-bond acceptors (Lipinski definition) is 4. The molecule has 33 heavy (non-hydrogen) atoms. The van der Waals surface area contributed by atoms with Crippen molar-refractivity contribution in [1.82, 2.24) is 15.1 Å². The summed E-state index contributed by atoms with van der Waals surface area (Å²) in [6, 6.07) is 19.2. The van der Waals surface area contributed by atoms with Crippen LogP contribution in [0.4, 0.5) is 5.69 Å². The van der Waals surface area contributed by atoms with Gasteiger partial charge in [-0.25, -0.2) is 0 Å². The number of nitrogens with one attached hydrogen (secondary N) is 1. The summed E-state index contributed by atoms with van der Waals surface area (Å²) in [5.74, 6) is -0.177. The Balaban J connectivity index is 1.53. The fraction of sp³-hybridized carbons (Fsp3) is 0.423. The van der Waals surface area contributed by atoms with Crippen LogP contribution in [0.1, 0.15) is 43.5 Å². The van der Waals surface area contributed by atoms with Crippen LogP contribution in [0.15, 0.2) is 60.7 Å². The molecular weight excluding hydrogens is 416 g/mol. The maximum Gasteiger partial charge on any atom is 0.253 e. The van der Waals surface area contributed by atoms with Gasteiger partial charge in [0.1, 0.15) is 12.1 Å². The summed E-state index contributed by atoms with van der Waals surface area (Å²) in [6.07, 6.45) is 1.90. The van der Waals surface area contributed by atoms with Gasteiger partial charge in [-0.3, -0.25) is 14.4 Å². The minimum Gasteiger partial charge on any atom is -0.352 e. The quantitative estimate of drug-likeness (QED) is 0.738. The molecular formula is C26H32N4O3. The highest BCUT2D eigenvalue weighted by molar-refractivity contribution is 5.97. The first-order chi connectivity index (χ1) is 15.9. The number of likely N-dealkylation sites (tertiary alicyclic amines) is 1. The van der Waals surface area contributed by atoms with E-state index in [1.54, 1.807) is 4.90 Å². The summed E-state index contributed by atoms with van der Waals surface area (Å²) in [5.41, 5.74) is 0.874. The molecule has 2 heterocycles. The van der Waals surface area contributed by atoms with Crippen molar-refractivity contribution in [1.29, 1.82) is 0 Å². The number of rotatable bonds is 6. The molecule has 2 aromatic carbocycles. The van der Waals surface area contributed by atoms with Crippen LogP contribution >= 0.6 is 0 Å². The van der Waals surface area contributed by atoms with Gasteiger partial charge in [0, 0.05) is 30.4 Å². The molecule has 174 valence electrons. The number of piperidine rings is 1. The highest BCUT2D eigenvalue weighted by Gasteiger charge is 2.54. The third-order valence-corrected chi connectivity index (χ3v) is 6.83. The van der Waals surface area contributed by atoms with E-state index in [9.17, 15) is 14.4 Å². The van der Waals surface area contributed by atoms with E-state index in [2.05, 4.69) is 10.2 Å². The van der Waals surface area contributed by atoms with E-state index in [1.165, 1.54) is 0 Å². The summed E-state index contributed by atoms with van der Waals surface area (Å²) in [5, 5.41) is 2.96. The number of anilines is 1. The number of carbonyl (C=O) groups is 3. The lowest BCUT2D eigenvalue weighted by molar-refractivity contribution is -0.137. The second-order valence-corrected chi connectivity index (χ2v) is 8.97. The lowest BCUT2D eigenvalue weighted by atomic mass is 9.85. The van der Waals surface area contributed by atoms with Crippen molar-refractivity contribution < 1.29 is 14.4 Å². The Morgan fingerprint density at radius 1 is 1.00 bits per heavy atom. The van der Waals surface area contributed by atoms with Gasteiger partial charge in [-0.2, -0.15) is 0 Å². The number of hydrogen-bond donors (Lipinski definition) is 1. The second kappa shape index (κ2) is 9.65. The molecule has 7 heteroatoms. The molecule has 2 aliphatic rings. The van der Waals surface area contributed by atoms with Gasteiger partial charge in [-0.1, -0.05) is 43.3 Å². The van der Waals surface area contributed by atoms with E-state index in [0.717, 1.165) is 12.1 Å². The largest absolute Gasteiger partial charge is 0.352 e. The summed E-state index contributed by atoms with van der Waals surface area (Å²) >= 11 is 0. The van der Waals surface area contributed by atoms with Crippen LogP contribution < -0.4 is 10.2 Å². The smallest absolute Gasteiger partial charge is 0.253 e. The van der Waals surface area contributed by atoms with Crippen LogP contribution in [0.25, 0.3) is 0 Å². The van der Waals surface area contributed by atoms with Crippen LogP contribution in [0.2, 0.25) is 0 Å². The van der Waals surface area contributed by atoms with E-state index in [0.29, 0.717) is 38.2 Å². The van der Waals surface area contributed by atoms with Crippen molar-refractivity contribution in [2.75, 3.05) is 31.2 Å². The van der Waals surface area contributed by atoms with Crippen molar-refractivity contribution in [3.63, 3.8) is 0 Å². The van der Waals surface area contributed by atoms with Crippen molar-refractivity contribution in [3.05, 3.63) is 66.2 Å². The maximum atomic E-state index is 13.7. The SMILES string of the molecule is CCC(C)NC(=O)CN1CN(c2ccccc2)C2(CCN(C(=O)c3ccccc3)CC2)C1=O. The first-order valence-corrected chi connectivity index (χ1v) is 11.7. The Hall–Kier alpha value is -3.35. The Kier molecular flexibility index (Phi) is 6.67. The van der Waals surface area contributed by atoms with E-state index < -0.39 is 5.54 Å². The molecule has 2 aromatic rings. The fourth-order valence-electron chi connectivity index (χ4n) is 4.76.